The quantitative estimate of drug-likeness (QED) is 0.500. The van der Waals surface area contributed by atoms with Crippen molar-refractivity contribution in [2.24, 2.45) is 0 Å². The monoisotopic (exact) mass is 156 g/mol. The molecule has 0 saturated carbocycles. The molecule has 0 fully saturated rings. The summed E-state index contributed by atoms with van der Waals surface area (Å²) < 4.78 is 0. The molecule has 2 N–H and O–H groups in total. The summed E-state index contributed by atoms with van der Waals surface area (Å²) in [4.78, 5) is 0.482. The van der Waals surface area contributed by atoms with Crippen molar-refractivity contribution in [3.05, 3.63) is 17.7 Å². The second-order valence-electron chi connectivity index (χ2n) is 2.08. The fourth-order valence-corrected chi connectivity index (χ4v) is 0.917. The summed E-state index contributed by atoms with van der Waals surface area (Å²) in [7, 11) is 0. The summed E-state index contributed by atoms with van der Waals surface area (Å²) in [5.41, 5.74) is 0.465. The van der Waals surface area contributed by atoms with Crippen molar-refractivity contribution in [3.8, 4) is 11.5 Å². The van der Waals surface area contributed by atoms with E-state index in [1.165, 1.54) is 6.07 Å². The molecule has 0 spiro atoms. The molecule has 0 radical (unpaired) electrons. The van der Waals surface area contributed by atoms with Crippen LogP contribution in [0.5, 0.6) is 11.5 Å². The van der Waals surface area contributed by atoms with Gasteiger partial charge in [-0.15, -0.1) is 12.6 Å². The van der Waals surface area contributed by atoms with Crippen LogP contribution in [0.3, 0.4) is 0 Å². The zero-order valence-electron chi connectivity index (χ0n) is 5.50. The van der Waals surface area contributed by atoms with Gasteiger partial charge in [-0.1, -0.05) is 0 Å². The van der Waals surface area contributed by atoms with E-state index in [0.29, 0.717) is 10.5 Å². The van der Waals surface area contributed by atoms with Crippen molar-refractivity contribution in [1.82, 2.24) is 0 Å². The van der Waals surface area contributed by atoms with Gasteiger partial charge in [0.05, 0.1) is 0 Å². The summed E-state index contributed by atoms with van der Waals surface area (Å²) in [5, 5.41) is 18.2. The van der Waals surface area contributed by atoms with Crippen molar-refractivity contribution in [1.29, 1.82) is 0 Å². The lowest BCUT2D eigenvalue weighted by atomic mass is 10.2. The third-order valence-corrected chi connectivity index (χ3v) is 1.74. The molecule has 0 bridgehead atoms. The highest BCUT2D eigenvalue weighted by molar-refractivity contribution is 7.80. The second-order valence-corrected chi connectivity index (χ2v) is 2.56. The first-order valence-electron chi connectivity index (χ1n) is 2.83. The Morgan fingerprint density at radius 2 is 1.90 bits per heavy atom. The van der Waals surface area contributed by atoms with Gasteiger partial charge >= 0.3 is 0 Å². The molecule has 1 rings (SSSR count). The standard InChI is InChI=1S/C7H8O2S/c1-4-5(8)2-3-6(10)7(4)9/h2-3,8-10H,1H3. The van der Waals surface area contributed by atoms with Gasteiger partial charge in [-0.25, -0.2) is 0 Å². The predicted octanol–water partition coefficient (Wildman–Crippen LogP) is 1.69. The predicted molar refractivity (Wildman–Crippen MR) is 41.8 cm³/mol. The number of benzene rings is 1. The van der Waals surface area contributed by atoms with E-state index < -0.39 is 0 Å². The molecular formula is C7H8O2S. The van der Waals surface area contributed by atoms with Gasteiger partial charge in [0.25, 0.3) is 0 Å². The molecule has 0 atom stereocenters. The molecule has 1 aromatic carbocycles. The maximum Gasteiger partial charge on any atom is 0.135 e. The molecule has 3 heteroatoms. The maximum absolute atomic E-state index is 9.15. The number of rotatable bonds is 0. The van der Waals surface area contributed by atoms with Gasteiger partial charge in [0.15, 0.2) is 0 Å². The van der Waals surface area contributed by atoms with Crippen LogP contribution in [0.25, 0.3) is 0 Å². The van der Waals surface area contributed by atoms with E-state index in [9.17, 15) is 0 Å². The van der Waals surface area contributed by atoms with Crippen LogP contribution < -0.4 is 0 Å². The Kier molecular flexibility index (Phi) is 1.76. The van der Waals surface area contributed by atoms with Crippen molar-refractivity contribution in [3.63, 3.8) is 0 Å². The minimum Gasteiger partial charge on any atom is -0.508 e. The van der Waals surface area contributed by atoms with Crippen LogP contribution in [0.4, 0.5) is 0 Å². The van der Waals surface area contributed by atoms with Crippen LogP contribution in [0.2, 0.25) is 0 Å². The van der Waals surface area contributed by atoms with E-state index in [0.717, 1.165) is 0 Å². The van der Waals surface area contributed by atoms with E-state index in [1.54, 1.807) is 13.0 Å². The van der Waals surface area contributed by atoms with Gasteiger partial charge in [0.2, 0.25) is 0 Å². The minimum atomic E-state index is 0.0448. The first-order valence-corrected chi connectivity index (χ1v) is 3.28. The molecule has 0 aliphatic rings. The first kappa shape index (κ1) is 7.28. The van der Waals surface area contributed by atoms with E-state index in [-0.39, 0.29) is 11.5 Å². The van der Waals surface area contributed by atoms with Crippen LogP contribution in [0.1, 0.15) is 5.56 Å². The van der Waals surface area contributed by atoms with Crippen molar-refractivity contribution in [2.45, 2.75) is 11.8 Å². The average molecular weight is 156 g/mol. The normalized spacial score (nSPS) is 9.80. The summed E-state index contributed by atoms with van der Waals surface area (Å²) in [6, 6.07) is 3.04. The summed E-state index contributed by atoms with van der Waals surface area (Å²) in [6.07, 6.45) is 0. The van der Waals surface area contributed by atoms with Gasteiger partial charge in [-0.05, 0) is 19.1 Å². The summed E-state index contributed by atoms with van der Waals surface area (Å²) in [5.74, 6) is 0.138. The lowest BCUT2D eigenvalue weighted by Crippen LogP contribution is -1.77. The fraction of sp³-hybridized carbons (Fsp3) is 0.143. The molecule has 0 aromatic heterocycles. The zero-order chi connectivity index (χ0) is 7.72. The molecule has 0 unspecified atom stereocenters. The van der Waals surface area contributed by atoms with Crippen molar-refractivity contribution in [2.75, 3.05) is 0 Å². The van der Waals surface area contributed by atoms with E-state index in [2.05, 4.69) is 12.6 Å². The Morgan fingerprint density at radius 3 is 2.40 bits per heavy atom. The van der Waals surface area contributed by atoms with Gasteiger partial charge in [-0.3, -0.25) is 0 Å². The molecule has 1 aromatic rings. The third kappa shape index (κ3) is 1.04. The highest BCUT2D eigenvalue weighted by atomic mass is 32.1. The Morgan fingerprint density at radius 1 is 1.30 bits per heavy atom. The molecular weight excluding hydrogens is 148 g/mol. The van der Waals surface area contributed by atoms with Crippen LogP contribution in [0.15, 0.2) is 17.0 Å². The molecule has 2 nitrogen and oxygen atoms in total. The Balaban J connectivity index is 3.34. The first-order chi connectivity index (χ1) is 4.63. The molecule has 0 aliphatic heterocycles. The van der Waals surface area contributed by atoms with Crippen LogP contribution in [-0.2, 0) is 0 Å². The Labute approximate surface area is 64.5 Å². The lowest BCUT2D eigenvalue weighted by molar-refractivity contribution is 0.434. The minimum absolute atomic E-state index is 0.0448. The van der Waals surface area contributed by atoms with Gasteiger partial charge in [-0.2, -0.15) is 0 Å². The maximum atomic E-state index is 9.15. The molecule has 0 heterocycles. The average Bonchev–Trinajstić information content (AvgIpc) is 1.93. The highest BCUT2D eigenvalue weighted by Gasteiger charge is 2.03. The molecule has 54 valence electrons. The number of phenolic OH excluding ortho intramolecular Hbond substituents is 2. The van der Waals surface area contributed by atoms with E-state index >= 15 is 0 Å². The third-order valence-electron chi connectivity index (χ3n) is 1.38. The molecule has 10 heavy (non-hydrogen) atoms. The fourth-order valence-electron chi connectivity index (χ4n) is 0.675. The van der Waals surface area contributed by atoms with E-state index in [1.807, 2.05) is 0 Å². The van der Waals surface area contributed by atoms with Crippen LogP contribution in [0, 0.1) is 6.92 Å². The molecule has 0 aliphatic carbocycles. The zero-order valence-corrected chi connectivity index (χ0v) is 6.39. The summed E-state index contributed by atoms with van der Waals surface area (Å²) in [6.45, 7) is 1.63. The Hall–Kier alpha value is -0.830. The lowest BCUT2D eigenvalue weighted by Gasteiger charge is -2.02. The SMILES string of the molecule is Cc1c(O)ccc(S)c1O. The van der Waals surface area contributed by atoms with E-state index in [4.69, 9.17) is 10.2 Å². The second kappa shape index (κ2) is 2.42. The smallest absolute Gasteiger partial charge is 0.135 e. The largest absolute Gasteiger partial charge is 0.508 e. The number of phenols is 2. The number of thiol groups is 1. The topological polar surface area (TPSA) is 40.5 Å². The molecule has 0 amide bonds. The number of aromatic hydroxyl groups is 2. The Bertz CT molecular complexity index is 231. The highest BCUT2D eigenvalue weighted by Crippen LogP contribution is 2.31. The van der Waals surface area contributed by atoms with Gasteiger partial charge in [0, 0.05) is 10.5 Å². The van der Waals surface area contributed by atoms with Crippen LogP contribution in [-0.4, -0.2) is 10.2 Å². The number of hydrogen-bond acceptors (Lipinski definition) is 3. The van der Waals surface area contributed by atoms with Crippen molar-refractivity contribution >= 4 is 12.6 Å². The van der Waals surface area contributed by atoms with Gasteiger partial charge < -0.3 is 10.2 Å². The summed E-state index contributed by atoms with van der Waals surface area (Å²) >= 11 is 3.95. The van der Waals surface area contributed by atoms with Gasteiger partial charge in [0.1, 0.15) is 11.5 Å². The van der Waals surface area contributed by atoms with Crippen LogP contribution >= 0.6 is 12.6 Å². The molecule has 0 saturated heterocycles. The van der Waals surface area contributed by atoms with Crippen molar-refractivity contribution < 1.29 is 10.2 Å². The number of hydrogen-bond donors (Lipinski definition) is 3.